The molecule has 2 aliphatic carbocycles. The minimum absolute atomic E-state index is 0.370. The van der Waals surface area contributed by atoms with Crippen LogP contribution in [0.15, 0.2) is 54.9 Å². The lowest BCUT2D eigenvalue weighted by molar-refractivity contribution is 0.160. The van der Waals surface area contributed by atoms with E-state index in [1.807, 2.05) is 12.4 Å². The number of fused-ring (bicyclic) bond motifs is 4. The third kappa shape index (κ3) is 3.66. The molecule has 2 aliphatic rings. The molecule has 1 aromatic carbocycles. The van der Waals surface area contributed by atoms with Gasteiger partial charge in [-0.3, -0.25) is 14.9 Å². The van der Waals surface area contributed by atoms with E-state index >= 15 is 0 Å². The van der Waals surface area contributed by atoms with Gasteiger partial charge < -0.3 is 5.73 Å². The van der Waals surface area contributed by atoms with Crippen molar-refractivity contribution >= 4 is 0 Å². The summed E-state index contributed by atoms with van der Waals surface area (Å²) in [4.78, 5) is 12.3. The molecule has 3 aromatic rings. The first kappa shape index (κ1) is 19.4. The summed E-state index contributed by atoms with van der Waals surface area (Å²) in [6.45, 7) is 2.67. The maximum absolute atomic E-state index is 5.80. The zero-order valence-electron chi connectivity index (χ0n) is 17.6. The Morgan fingerprint density at radius 1 is 0.933 bits per heavy atom. The number of rotatable bonds is 7. The van der Waals surface area contributed by atoms with Gasteiger partial charge in [0.25, 0.3) is 0 Å². The van der Waals surface area contributed by atoms with Gasteiger partial charge in [-0.25, -0.2) is 0 Å². The molecule has 4 nitrogen and oxygen atoms in total. The topological polar surface area (TPSA) is 55.0 Å². The molecule has 0 radical (unpaired) electrons. The van der Waals surface area contributed by atoms with Crippen molar-refractivity contribution in [2.45, 2.75) is 51.1 Å². The zero-order valence-corrected chi connectivity index (χ0v) is 17.6. The summed E-state index contributed by atoms with van der Waals surface area (Å²) < 4.78 is 0. The average molecular weight is 399 g/mol. The molecule has 0 aliphatic heterocycles. The van der Waals surface area contributed by atoms with Crippen LogP contribution in [0.1, 0.15) is 59.8 Å². The number of hydrogen-bond acceptors (Lipinski definition) is 4. The van der Waals surface area contributed by atoms with Gasteiger partial charge in [0, 0.05) is 25.4 Å². The lowest BCUT2D eigenvalue weighted by Crippen LogP contribution is -2.33. The second-order valence-corrected chi connectivity index (χ2v) is 8.54. The van der Waals surface area contributed by atoms with Crippen LogP contribution in [0, 0.1) is 0 Å². The van der Waals surface area contributed by atoms with Crippen LogP contribution in [0.2, 0.25) is 0 Å². The van der Waals surface area contributed by atoms with Crippen LogP contribution in [0.25, 0.3) is 11.1 Å². The van der Waals surface area contributed by atoms with E-state index in [0.29, 0.717) is 6.04 Å². The van der Waals surface area contributed by atoms with Crippen molar-refractivity contribution in [3.05, 3.63) is 82.9 Å². The molecule has 0 saturated carbocycles. The molecule has 0 saturated heterocycles. The molecule has 2 N–H and O–H groups in total. The Morgan fingerprint density at radius 2 is 1.83 bits per heavy atom. The van der Waals surface area contributed by atoms with Crippen LogP contribution >= 0.6 is 0 Å². The Balaban J connectivity index is 1.46. The number of aryl methyl sites for hydroxylation is 1. The predicted octanol–water partition coefficient (Wildman–Crippen LogP) is 4.67. The lowest BCUT2D eigenvalue weighted by Gasteiger charge is -2.35. The Labute approximate surface area is 179 Å². The summed E-state index contributed by atoms with van der Waals surface area (Å²) in [5.41, 5.74) is 15.3. The Hall–Kier alpha value is -2.56. The third-order valence-corrected chi connectivity index (χ3v) is 6.68. The molecule has 154 valence electrons. The van der Waals surface area contributed by atoms with E-state index < -0.39 is 0 Å². The van der Waals surface area contributed by atoms with Gasteiger partial charge in [-0.15, -0.1) is 0 Å². The van der Waals surface area contributed by atoms with E-state index in [9.17, 15) is 0 Å². The van der Waals surface area contributed by atoms with E-state index in [1.54, 1.807) is 0 Å². The lowest BCUT2D eigenvalue weighted by atomic mass is 9.90. The SMILES string of the molecule is NCCCCN(Cc1nccc2c1Cc1ccccc1-2)[C@@H]1CCCc2cccnc21. The summed E-state index contributed by atoms with van der Waals surface area (Å²) in [5.74, 6) is 0. The summed E-state index contributed by atoms with van der Waals surface area (Å²) >= 11 is 0. The smallest absolute Gasteiger partial charge is 0.0607 e. The minimum Gasteiger partial charge on any atom is -0.330 e. The first-order valence-corrected chi connectivity index (χ1v) is 11.3. The Kier molecular flexibility index (Phi) is 5.60. The maximum atomic E-state index is 5.80. The van der Waals surface area contributed by atoms with Crippen LogP contribution in [-0.2, 0) is 19.4 Å². The predicted molar refractivity (Wildman–Crippen MR) is 121 cm³/mol. The number of aromatic nitrogens is 2. The summed E-state index contributed by atoms with van der Waals surface area (Å²) in [7, 11) is 0. The molecule has 0 amide bonds. The van der Waals surface area contributed by atoms with E-state index in [-0.39, 0.29) is 0 Å². The summed E-state index contributed by atoms with van der Waals surface area (Å²) in [6.07, 6.45) is 10.6. The van der Waals surface area contributed by atoms with Crippen LogP contribution in [0.4, 0.5) is 0 Å². The van der Waals surface area contributed by atoms with Gasteiger partial charge in [-0.2, -0.15) is 0 Å². The fraction of sp³-hybridized carbons (Fsp3) is 0.385. The third-order valence-electron chi connectivity index (χ3n) is 6.68. The molecule has 2 heterocycles. The van der Waals surface area contributed by atoms with E-state index in [0.717, 1.165) is 45.3 Å². The van der Waals surface area contributed by atoms with E-state index in [4.69, 9.17) is 15.7 Å². The van der Waals surface area contributed by atoms with E-state index in [1.165, 1.54) is 52.0 Å². The van der Waals surface area contributed by atoms with Crippen LogP contribution < -0.4 is 5.73 Å². The Morgan fingerprint density at radius 3 is 2.77 bits per heavy atom. The number of nitrogens with two attached hydrogens (primary N) is 1. The normalized spacial score (nSPS) is 16.9. The molecule has 0 fully saturated rings. The highest BCUT2D eigenvalue weighted by molar-refractivity contribution is 5.77. The molecule has 1 atom stereocenters. The van der Waals surface area contributed by atoms with Gasteiger partial charge in [-0.1, -0.05) is 30.3 Å². The van der Waals surface area contributed by atoms with E-state index in [2.05, 4.69) is 47.4 Å². The zero-order chi connectivity index (χ0) is 20.3. The van der Waals surface area contributed by atoms with Crippen molar-refractivity contribution in [2.75, 3.05) is 13.1 Å². The number of pyridine rings is 2. The quantitative estimate of drug-likeness (QED) is 0.460. The van der Waals surface area contributed by atoms with Crippen LogP contribution in [0.3, 0.4) is 0 Å². The second-order valence-electron chi connectivity index (χ2n) is 8.54. The number of hydrogen-bond donors (Lipinski definition) is 1. The van der Waals surface area contributed by atoms with Gasteiger partial charge in [0.15, 0.2) is 0 Å². The van der Waals surface area contributed by atoms with Crippen LogP contribution in [-0.4, -0.2) is 28.0 Å². The molecule has 0 spiro atoms. The van der Waals surface area contributed by atoms with Gasteiger partial charge in [0.2, 0.25) is 0 Å². The van der Waals surface area contributed by atoms with Gasteiger partial charge in [-0.05, 0) is 85.1 Å². The summed E-state index contributed by atoms with van der Waals surface area (Å²) in [5, 5.41) is 0. The standard InChI is InChI=1S/C26H30N4/c27-13-3-4-16-30(25-11-5-8-19-9-6-14-29-26(19)25)18-24-23-17-20-7-1-2-10-21(20)22(23)12-15-28-24/h1-2,6-7,9-10,12,14-15,25H,3-5,8,11,13,16-18,27H2/t25-/m1/s1. The molecule has 2 aromatic heterocycles. The molecule has 30 heavy (non-hydrogen) atoms. The highest BCUT2D eigenvalue weighted by Gasteiger charge is 2.29. The number of nitrogens with zero attached hydrogens (tertiary/aromatic N) is 3. The van der Waals surface area contributed by atoms with Gasteiger partial charge >= 0.3 is 0 Å². The first-order valence-electron chi connectivity index (χ1n) is 11.3. The van der Waals surface area contributed by atoms with Crippen LogP contribution in [0.5, 0.6) is 0 Å². The molecule has 5 rings (SSSR count). The highest BCUT2D eigenvalue weighted by Crippen LogP contribution is 2.39. The fourth-order valence-corrected chi connectivity index (χ4v) is 5.19. The minimum atomic E-state index is 0.370. The molecular weight excluding hydrogens is 368 g/mol. The monoisotopic (exact) mass is 398 g/mol. The van der Waals surface area contributed by atoms with Crippen molar-refractivity contribution < 1.29 is 0 Å². The number of unbranched alkanes of at least 4 members (excludes halogenated alkanes) is 1. The van der Waals surface area contributed by atoms with Crippen molar-refractivity contribution in [2.24, 2.45) is 5.73 Å². The Bertz CT molecular complexity index is 1030. The maximum Gasteiger partial charge on any atom is 0.0607 e. The molecule has 0 bridgehead atoms. The molecule has 0 unspecified atom stereocenters. The van der Waals surface area contributed by atoms with Crippen molar-refractivity contribution in [1.29, 1.82) is 0 Å². The van der Waals surface area contributed by atoms with Gasteiger partial charge in [0.05, 0.1) is 17.4 Å². The van der Waals surface area contributed by atoms with Crippen molar-refractivity contribution in [1.82, 2.24) is 14.9 Å². The molecular formula is C26H30N4. The fourth-order valence-electron chi connectivity index (χ4n) is 5.19. The largest absolute Gasteiger partial charge is 0.330 e. The highest BCUT2D eigenvalue weighted by atomic mass is 15.2. The second kappa shape index (κ2) is 8.66. The molecule has 4 heteroatoms. The number of benzene rings is 1. The van der Waals surface area contributed by atoms with Crippen molar-refractivity contribution in [3.63, 3.8) is 0 Å². The van der Waals surface area contributed by atoms with Gasteiger partial charge in [0.1, 0.15) is 0 Å². The average Bonchev–Trinajstić information content (AvgIpc) is 3.18. The summed E-state index contributed by atoms with van der Waals surface area (Å²) in [6, 6.07) is 15.6. The van der Waals surface area contributed by atoms with Crippen molar-refractivity contribution in [3.8, 4) is 11.1 Å². The first-order chi connectivity index (χ1) is 14.8.